The third-order valence-electron chi connectivity index (χ3n) is 8.19. The van der Waals surface area contributed by atoms with Gasteiger partial charge in [0.1, 0.15) is 0 Å². The van der Waals surface area contributed by atoms with Gasteiger partial charge in [-0.15, -0.1) is 0 Å². The molecule has 5 rings (SSSR count). The first-order valence-corrected chi connectivity index (χ1v) is 14.2. The van der Waals surface area contributed by atoms with Gasteiger partial charge in [0, 0.05) is 51.4 Å². The van der Waals surface area contributed by atoms with E-state index in [0.29, 0.717) is 31.5 Å². The summed E-state index contributed by atoms with van der Waals surface area (Å²) in [7, 11) is 2.11. The van der Waals surface area contributed by atoms with Crippen LogP contribution >= 0.6 is 0 Å². The van der Waals surface area contributed by atoms with Gasteiger partial charge in [0.25, 0.3) is 0 Å². The van der Waals surface area contributed by atoms with Gasteiger partial charge in [-0.3, -0.25) is 4.79 Å². The van der Waals surface area contributed by atoms with E-state index in [0.717, 1.165) is 66.3 Å². The normalized spacial score (nSPS) is 16.6. The number of halogens is 3. The van der Waals surface area contributed by atoms with Gasteiger partial charge in [0.2, 0.25) is 5.91 Å². The molecule has 222 valence electrons. The van der Waals surface area contributed by atoms with Crippen LogP contribution in [0.1, 0.15) is 41.1 Å². The number of hydrogen-bond acceptors (Lipinski definition) is 4. The van der Waals surface area contributed by atoms with Crippen molar-refractivity contribution in [1.82, 2.24) is 15.1 Å². The van der Waals surface area contributed by atoms with E-state index in [1.165, 1.54) is 12.1 Å². The molecule has 2 aliphatic heterocycles. The highest BCUT2D eigenvalue weighted by Crippen LogP contribution is 2.34. The van der Waals surface area contributed by atoms with Crippen molar-refractivity contribution in [2.24, 2.45) is 5.73 Å². The van der Waals surface area contributed by atoms with Crippen LogP contribution in [-0.4, -0.2) is 61.5 Å². The van der Waals surface area contributed by atoms with Gasteiger partial charge < -0.3 is 25.8 Å². The number of nitrogens with two attached hydrogens (primary N) is 1. The number of carbonyl (C=O) groups excluding carboxylic acids is 2. The van der Waals surface area contributed by atoms with Crippen molar-refractivity contribution in [3.05, 3.63) is 89.0 Å². The van der Waals surface area contributed by atoms with Crippen molar-refractivity contribution in [2.75, 3.05) is 44.7 Å². The summed E-state index contributed by atoms with van der Waals surface area (Å²) >= 11 is 0. The highest BCUT2D eigenvalue weighted by atomic mass is 19.4. The van der Waals surface area contributed by atoms with Crippen molar-refractivity contribution < 1.29 is 22.8 Å². The minimum absolute atomic E-state index is 0.142. The van der Waals surface area contributed by atoms with Gasteiger partial charge in [-0.25, -0.2) is 4.79 Å². The predicted octanol–water partition coefficient (Wildman–Crippen LogP) is 5.20. The van der Waals surface area contributed by atoms with Gasteiger partial charge >= 0.3 is 12.2 Å². The summed E-state index contributed by atoms with van der Waals surface area (Å²) in [6, 6.07) is 18.4. The summed E-state index contributed by atoms with van der Waals surface area (Å²) in [5.74, 6) is -0.424. The first kappa shape index (κ1) is 29.4. The number of anilines is 1. The van der Waals surface area contributed by atoms with Gasteiger partial charge in [-0.2, -0.15) is 13.2 Å². The number of amides is 3. The highest BCUT2D eigenvalue weighted by Gasteiger charge is 2.30. The number of urea groups is 1. The Balaban J connectivity index is 1.31. The van der Waals surface area contributed by atoms with Crippen LogP contribution in [0, 0.1) is 0 Å². The van der Waals surface area contributed by atoms with Crippen LogP contribution in [0.5, 0.6) is 0 Å². The van der Waals surface area contributed by atoms with Crippen LogP contribution in [0.25, 0.3) is 11.1 Å². The SMILES string of the molecule is CN1CCN(c2cccc([C@H](CCC(N)=O)NC(=O)N3CCc4c(cccc4-c4ccc(C(F)(F)F)cc4)C3)c2)CC1. The van der Waals surface area contributed by atoms with Crippen molar-refractivity contribution in [2.45, 2.75) is 38.0 Å². The third-order valence-corrected chi connectivity index (χ3v) is 8.19. The maximum absolute atomic E-state index is 13.5. The fourth-order valence-electron chi connectivity index (χ4n) is 5.74. The molecule has 0 unspecified atom stereocenters. The maximum atomic E-state index is 13.5. The van der Waals surface area contributed by atoms with E-state index >= 15 is 0 Å². The molecule has 10 heteroatoms. The number of nitrogens with zero attached hydrogens (tertiary/aromatic N) is 3. The Kier molecular flexibility index (Phi) is 8.72. The molecule has 7 nitrogen and oxygen atoms in total. The molecule has 0 aliphatic carbocycles. The molecule has 2 aliphatic rings. The number of piperazine rings is 1. The first-order valence-electron chi connectivity index (χ1n) is 14.2. The summed E-state index contributed by atoms with van der Waals surface area (Å²) in [5.41, 5.74) is 10.4. The number of nitrogens with one attached hydrogen (secondary N) is 1. The number of fused-ring (bicyclic) bond motifs is 1. The number of alkyl halides is 3. The van der Waals surface area contributed by atoms with Crippen LogP contribution in [0.3, 0.4) is 0 Å². The van der Waals surface area contributed by atoms with Gasteiger partial charge in [0.15, 0.2) is 0 Å². The summed E-state index contributed by atoms with van der Waals surface area (Å²) < 4.78 is 39.1. The van der Waals surface area contributed by atoms with Crippen LogP contribution < -0.4 is 16.0 Å². The Morgan fingerprint density at radius 2 is 1.67 bits per heavy atom. The molecule has 0 saturated carbocycles. The molecule has 0 radical (unpaired) electrons. The summed E-state index contributed by atoms with van der Waals surface area (Å²) in [5, 5.41) is 3.14. The third kappa shape index (κ3) is 6.87. The molecule has 3 aromatic rings. The second kappa shape index (κ2) is 12.4. The molecule has 1 atom stereocenters. The number of benzene rings is 3. The Morgan fingerprint density at radius 1 is 0.952 bits per heavy atom. The van der Waals surface area contributed by atoms with Crippen LogP contribution in [-0.2, 0) is 23.9 Å². The van der Waals surface area contributed by atoms with Crippen LogP contribution in [0.15, 0.2) is 66.7 Å². The lowest BCUT2D eigenvalue weighted by Gasteiger charge is -2.35. The van der Waals surface area contributed by atoms with E-state index in [1.807, 2.05) is 30.3 Å². The summed E-state index contributed by atoms with van der Waals surface area (Å²) in [6.07, 6.45) is -3.28. The molecule has 1 saturated heterocycles. The monoisotopic (exact) mass is 579 g/mol. The number of primary amides is 1. The zero-order chi connectivity index (χ0) is 29.9. The molecule has 0 aromatic heterocycles. The molecule has 0 spiro atoms. The average Bonchev–Trinajstić information content (AvgIpc) is 2.98. The smallest absolute Gasteiger partial charge is 0.370 e. The average molecular weight is 580 g/mol. The zero-order valence-corrected chi connectivity index (χ0v) is 23.7. The first-order chi connectivity index (χ1) is 20.1. The van der Waals surface area contributed by atoms with E-state index in [2.05, 4.69) is 34.3 Å². The van der Waals surface area contributed by atoms with Crippen molar-refractivity contribution in [3.63, 3.8) is 0 Å². The Hall–Kier alpha value is -4.05. The Bertz CT molecular complexity index is 1420. The Labute approximate surface area is 244 Å². The van der Waals surface area contributed by atoms with E-state index in [-0.39, 0.29) is 12.5 Å². The van der Waals surface area contributed by atoms with Gasteiger partial charge in [-0.05, 0) is 72.0 Å². The number of rotatable bonds is 7. The predicted molar refractivity (Wildman–Crippen MR) is 157 cm³/mol. The van der Waals surface area contributed by atoms with Crippen molar-refractivity contribution in [3.8, 4) is 11.1 Å². The quantitative estimate of drug-likeness (QED) is 0.403. The lowest BCUT2D eigenvalue weighted by Crippen LogP contribution is -2.45. The summed E-state index contributed by atoms with van der Waals surface area (Å²) in [4.78, 5) is 31.5. The van der Waals surface area contributed by atoms with E-state index < -0.39 is 23.7 Å². The van der Waals surface area contributed by atoms with Crippen molar-refractivity contribution >= 4 is 17.6 Å². The minimum Gasteiger partial charge on any atom is -0.370 e. The second-order valence-electron chi connectivity index (χ2n) is 11.1. The fraction of sp³-hybridized carbons (Fsp3) is 0.375. The van der Waals surface area contributed by atoms with Crippen LogP contribution in [0.2, 0.25) is 0 Å². The lowest BCUT2D eigenvalue weighted by atomic mass is 9.90. The van der Waals surface area contributed by atoms with Crippen LogP contribution in [0.4, 0.5) is 23.7 Å². The summed E-state index contributed by atoms with van der Waals surface area (Å²) in [6.45, 7) is 4.62. The molecule has 42 heavy (non-hydrogen) atoms. The topological polar surface area (TPSA) is 81.9 Å². The molecule has 3 aromatic carbocycles. The molecular weight excluding hydrogens is 543 g/mol. The lowest BCUT2D eigenvalue weighted by molar-refractivity contribution is -0.137. The van der Waals surface area contributed by atoms with Gasteiger partial charge in [-0.1, -0.05) is 42.5 Å². The van der Waals surface area contributed by atoms with E-state index in [1.54, 1.807) is 4.90 Å². The molecule has 3 N–H and O–H groups in total. The number of hydrogen-bond donors (Lipinski definition) is 2. The number of carbonyl (C=O) groups is 2. The molecule has 1 fully saturated rings. The molecule has 0 bridgehead atoms. The van der Waals surface area contributed by atoms with Crippen molar-refractivity contribution in [1.29, 1.82) is 0 Å². The minimum atomic E-state index is -4.39. The largest absolute Gasteiger partial charge is 0.416 e. The molecule has 2 heterocycles. The molecular formula is C32H36F3N5O2. The van der Waals surface area contributed by atoms with E-state index in [4.69, 9.17) is 5.73 Å². The fourth-order valence-corrected chi connectivity index (χ4v) is 5.74. The number of likely N-dealkylation sites (N-methyl/N-ethyl adjacent to an activating group) is 1. The molecule has 3 amide bonds. The highest BCUT2D eigenvalue weighted by molar-refractivity contribution is 5.77. The maximum Gasteiger partial charge on any atom is 0.416 e. The Morgan fingerprint density at radius 3 is 2.36 bits per heavy atom. The second-order valence-corrected chi connectivity index (χ2v) is 11.1. The van der Waals surface area contributed by atoms with E-state index in [9.17, 15) is 22.8 Å². The zero-order valence-electron chi connectivity index (χ0n) is 23.7. The standard InChI is InChI=1S/C32H36F3N5O2/c1-38-16-18-39(19-17-38)26-6-2-4-23(20-26)29(12-13-30(36)41)37-31(42)40-15-14-28-24(21-40)5-3-7-27(28)22-8-10-25(11-9-22)32(33,34)35/h2-11,20,29H,12-19,21H2,1H3,(H2,36,41)(H,37,42)/t29-/m0/s1. The van der Waals surface area contributed by atoms with Gasteiger partial charge in [0.05, 0.1) is 11.6 Å².